The lowest BCUT2D eigenvalue weighted by Gasteiger charge is -2.30. The Labute approximate surface area is 143 Å². The van der Waals surface area contributed by atoms with E-state index in [4.69, 9.17) is 4.74 Å². The van der Waals surface area contributed by atoms with Crippen LogP contribution < -0.4 is 10.1 Å². The second kappa shape index (κ2) is 7.86. The highest BCUT2D eigenvalue weighted by Gasteiger charge is 2.26. The zero-order valence-corrected chi connectivity index (χ0v) is 14.1. The van der Waals surface area contributed by atoms with E-state index >= 15 is 0 Å². The molecule has 1 heterocycles. The molecule has 4 heteroatoms. The van der Waals surface area contributed by atoms with Crippen molar-refractivity contribution in [2.75, 3.05) is 19.0 Å². The summed E-state index contributed by atoms with van der Waals surface area (Å²) in [4.78, 5) is 14.8. The van der Waals surface area contributed by atoms with Gasteiger partial charge < -0.3 is 15.0 Å². The third-order valence-electron chi connectivity index (χ3n) is 4.54. The Balaban J connectivity index is 1.80. The molecule has 4 nitrogen and oxygen atoms in total. The molecule has 2 aromatic rings. The number of hydrogen-bond acceptors (Lipinski definition) is 2. The summed E-state index contributed by atoms with van der Waals surface area (Å²) in [5.41, 5.74) is 2.00. The van der Waals surface area contributed by atoms with Crippen molar-refractivity contribution in [3.8, 4) is 5.75 Å². The van der Waals surface area contributed by atoms with Crippen LogP contribution in [-0.2, 0) is 0 Å². The number of ether oxygens (including phenoxy) is 1. The third kappa shape index (κ3) is 3.88. The number of carbonyl (C=O) groups is 1. The van der Waals surface area contributed by atoms with E-state index in [9.17, 15) is 4.79 Å². The fourth-order valence-electron chi connectivity index (χ4n) is 3.24. The van der Waals surface area contributed by atoms with E-state index < -0.39 is 0 Å². The predicted octanol–water partition coefficient (Wildman–Crippen LogP) is 4.84. The number of nitrogens with zero attached hydrogens (tertiary/aromatic N) is 1. The van der Waals surface area contributed by atoms with Gasteiger partial charge in [-0.3, -0.25) is 0 Å². The smallest absolute Gasteiger partial charge is 0.322 e. The quantitative estimate of drug-likeness (QED) is 0.877. The lowest BCUT2D eigenvalue weighted by Crippen LogP contribution is -2.38. The number of anilines is 1. The maximum Gasteiger partial charge on any atom is 0.322 e. The van der Waals surface area contributed by atoms with Gasteiger partial charge in [-0.1, -0.05) is 43.2 Å². The molecule has 126 valence electrons. The summed E-state index contributed by atoms with van der Waals surface area (Å²) in [6.07, 6.45) is 4.36. The number of urea groups is 1. The van der Waals surface area contributed by atoms with Crippen molar-refractivity contribution in [1.82, 2.24) is 4.90 Å². The largest absolute Gasteiger partial charge is 0.497 e. The molecule has 24 heavy (non-hydrogen) atoms. The second-order valence-electron chi connectivity index (χ2n) is 6.13. The number of rotatable bonds is 3. The Bertz CT molecular complexity index is 655. The van der Waals surface area contributed by atoms with E-state index in [1.807, 2.05) is 47.4 Å². The Hall–Kier alpha value is -2.49. The van der Waals surface area contributed by atoms with Crippen LogP contribution in [0.1, 0.15) is 37.3 Å². The molecule has 0 radical (unpaired) electrons. The van der Waals surface area contributed by atoms with Gasteiger partial charge in [0.2, 0.25) is 0 Å². The van der Waals surface area contributed by atoms with Gasteiger partial charge in [-0.25, -0.2) is 4.79 Å². The summed E-state index contributed by atoms with van der Waals surface area (Å²) in [5.74, 6) is 0.840. The van der Waals surface area contributed by atoms with Crippen molar-refractivity contribution < 1.29 is 9.53 Å². The van der Waals surface area contributed by atoms with Gasteiger partial charge in [0.25, 0.3) is 0 Å². The molecule has 2 amide bonds. The number of hydrogen-bond donors (Lipinski definition) is 1. The SMILES string of the molecule is COc1ccc(C2CCCCCN2C(=O)Nc2ccccc2)cc1. The summed E-state index contributed by atoms with van der Waals surface area (Å²) in [5, 5.41) is 3.02. The van der Waals surface area contributed by atoms with Gasteiger partial charge in [-0.15, -0.1) is 0 Å². The van der Waals surface area contributed by atoms with Crippen molar-refractivity contribution in [1.29, 1.82) is 0 Å². The average Bonchev–Trinajstić information content (AvgIpc) is 2.89. The molecule has 1 N–H and O–H groups in total. The van der Waals surface area contributed by atoms with E-state index in [1.165, 1.54) is 12.0 Å². The van der Waals surface area contributed by atoms with Crippen molar-refractivity contribution in [2.45, 2.75) is 31.7 Å². The third-order valence-corrected chi connectivity index (χ3v) is 4.54. The van der Waals surface area contributed by atoms with Crippen LogP contribution in [0, 0.1) is 0 Å². The number of amides is 2. The standard InChI is InChI=1S/C20H24N2O2/c1-24-18-13-11-16(12-14-18)19-10-6-3-7-15-22(19)20(23)21-17-8-4-2-5-9-17/h2,4-5,8-9,11-14,19H,3,6-7,10,15H2,1H3,(H,21,23). The van der Waals surface area contributed by atoms with Crippen LogP contribution in [0.25, 0.3) is 0 Å². The van der Waals surface area contributed by atoms with Crippen LogP contribution in [-0.4, -0.2) is 24.6 Å². The maximum atomic E-state index is 12.8. The summed E-state index contributed by atoms with van der Waals surface area (Å²) >= 11 is 0. The summed E-state index contributed by atoms with van der Waals surface area (Å²) in [6.45, 7) is 0.787. The fraction of sp³-hybridized carbons (Fsp3) is 0.350. The van der Waals surface area contributed by atoms with Gasteiger partial charge in [0.1, 0.15) is 5.75 Å². The van der Waals surface area contributed by atoms with Crippen molar-refractivity contribution in [2.24, 2.45) is 0 Å². The van der Waals surface area contributed by atoms with Crippen LogP contribution in [0.4, 0.5) is 10.5 Å². The van der Waals surface area contributed by atoms with E-state index in [0.717, 1.165) is 37.2 Å². The van der Waals surface area contributed by atoms with Gasteiger partial charge in [0.15, 0.2) is 0 Å². The molecule has 2 aromatic carbocycles. The highest BCUT2D eigenvalue weighted by Crippen LogP contribution is 2.31. The molecule has 1 saturated heterocycles. The maximum absolute atomic E-state index is 12.8. The van der Waals surface area contributed by atoms with Crippen LogP contribution >= 0.6 is 0 Å². The number of carbonyl (C=O) groups excluding carboxylic acids is 1. The molecule has 1 aliphatic rings. The normalized spacial score (nSPS) is 17.9. The molecule has 0 bridgehead atoms. The molecule has 1 atom stereocenters. The molecule has 1 aliphatic heterocycles. The molecule has 0 spiro atoms. The number of para-hydroxylation sites is 1. The lowest BCUT2D eigenvalue weighted by molar-refractivity contribution is 0.189. The van der Waals surface area contributed by atoms with E-state index in [1.54, 1.807) is 7.11 Å². The molecule has 3 rings (SSSR count). The molecule has 1 unspecified atom stereocenters. The second-order valence-corrected chi connectivity index (χ2v) is 6.13. The molecule has 0 aromatic heterocycles. The Morgan fingerprint density at radius 3 is 2.50 bits per heavy atom. The minimum atomic E-state index is -0.0241. The van der Waals surface area contributed by atoms with E-state index in [-0.39, 0.29) is 12.1 Å². The van der Waals surface area contributed by atoms with Gasteiger partial charge >= 0.3 is 6.03 Å². The van der Waals surface area contributed by atoms with Crippen LogP contribution in [0.3, 0.4) is 0 Å². The molecular weight excluding hydrogens is 300 g/mol. The zero-order valence-electron chi connectivity index (χ0n) is 14.1. The summed E-state index contributed by atoms with van der Waals surface area (Å²) in [7, 11) is 1.67. The minimum Gasteiger partial charge on any atom is -0.497 e. The van der Waals surface area contributed by atoms with E-state index in [0.29, 0.717) is 0 Å². The first-order valence-corrected chi connectivity index (χ1v) is 8.54. The van der Waals surface area contributed by atoms with Gasteiger partial charge in [0, 0.05) is 12.2 Å². The Kier molecular flexibility index (Phi) is 5.36. The topological polar surface area (TPSA) is 41.6 Å². The van der Waals surface area contributed by atoms with Crippen LogP contribution in [0.5, 0.6) is 5.75 Å². The van der Waals surface area contributed by atoms with E-state index in [2.05, 4.69) is 17.4 Å². The first-order valence-electron chi connectivity index (χ1n) is 8.54. The molecule has 0 aliphatic carbocycles. The first kappa shape index (κ1) is 16.4. The molecule has 0 saturated carbocycles. The number of nitrogens with one attached hydrogen (secondary N) is 1. The summed E-state index contributed by atoms with van der Waals surface area (Å²) in [6, 6.07) is 17.8. The lowest BCUT2D eigenvalue weighted by atomic mass is 10.0. The number of benzene rings is 2. The van der Waals surface area contributed by atoms with Gasteiger partial charge in [-0.2, -0.15) is 0 Å². The zero-order chi connectivity index (χ0) is 16.8. The molecule has 1 fully saturated rings. The Morgan fingerprint density at radius 2 is 1.79 bits per heavy atom. The summed E-state index contributed by atoms with van der Waals surface area (Å²) < 4.78 is 5.24. The van der Waals surface area contributed by atoms with Crippen LogP contribution in [0.2, 0.25) is 0 Å². The van der Waals surface area contributed by atoms with Crippen molar-refractivity contribution >= 4 is 11.7 Å². The van der Waals surface area contributed by atoms with Crippen molar-refractivity contribution in [3.05, 3.63) is 60.2 Å². The first-order chi connectivity index (χ1) is 11.8. The predicted molar refractivity (Wildman–Crippen MR) is 96.4 cm³/mol. The van der Waals surface area contributed by atoms with Gasteiger partial charge in [0.05, 0.1) is 13.2 Å². The minimum absolute atomic E-state index is 0.0241. The fourth-order valence-corrected chi connectivity index (χ4v) is 3.24. The number of likely N-dealkylation sites (tertiary alicyclic amines) is 1. The average molecular weight is 324 g/mol. The molecular formula is C20H24N2O2. The monoisotopic (exact) mass is 324 g/mol. The van der Waals surface area contributed by atoms with Crippen LogP contribution in [0.15, 0.2) is 54.6 Å². The van der Waals surface area contributed by atoms with Gasteiger partial charge in [-0.05, 0) is 42.7 Å². The number of methoxy groups -OCH3 is 1. The highest BCUT2D eigenvalue weighted by molar-refractivity contribution is 5.89. The van der Waals surface area contributed by atoms with Crippen molar-refractivity contribution in [3.63, 3.8) is 0 Å². The Morgan fingerprint density at radius 1 is 1.04 bits per heavy atom. The highest BCUT2D eigenvalue weighted by atomic mass is 16.5.